The van der Waals surface area contributed by atoms with Crippen LogP contribution < -0.4 is 5.32 Å². The number of anilines is 1. The summed E-state index contributed by atoms with van der Waals surface area (Å²) in [5.41, 5.74) is 3.47. The van der Waals surface area contributed by atoms with E-state index in [-0.39, 0.29) is 5.75 Å². The van der Waals surface area contributed by atoms with E-state index >= 15 is 0 Å². The lowest BCUT2D eigenvalue weighted by atomic mass is 9.97. The van der Waals surface area contributed by atoms with E-state index in [4.69, 9.17) is 4.98 Å². The average Bonchev–Trinajstić information content (AvgIpc) is 3.19. The monoisotopic (exact) mass is 569 g/mol. The van der Waals surface area contributed by atoms with Gasteiger partial charge in [0.1, 0.15) is 11.6 Å². The number of aromatic nitrogens is 3. The molecule has 2 aromatic carbocycles. The number of piperidine rings is 1. The number of nitrogens with zero attached hydrogens (tertiary/aromatic N) is 4. The predicted octanol–water partition coefficient (Wildman–Crippen LogP) is 5.95. The molecular formula is C25H25Br2N5O. The number of benzene rings is 2. The summed E-state index contributed by atoms with van der Waals surface area (Å²) < 4.78 is 3.76. The second kappa shape index (κ2) is 9.83. The molecule has 5 rings (SSSR count). The average molecular weight is 571 g/mol. The lowest BCUT2D eigenvalue weighted by molar-refractivity contribution is 0.173. The maximum Gasteiger partial charge on any atom is 0.172 e. The lowest BCUT2D eigenvalue weighted by Crippen LogP contribution is -2.37. The largest absolute Gasteiger partial charge is 0.507 e. The Bertz CT molecular complexity index is 1270. The molecule has 1 atom stereocenters. The van der Waals surface area contributed by atoms with E-state index in [1.165, 1.54) is 18.4 Å². The fraction of sp³-hybridized carbons (Fsp3) is 0.280. The van der Waals surface area contributed by atoms with Gasteiger partial charge >= 0.3 is 0 Å². The van der Waals surface area contributed by atoms with Gasteiger partial charge in [0.05, 0.1) is 16.4 Å². The summed E-state index contributed by atoms with van der Waals surface area (Å²) in [5, 5.41) is 18.4. The Morgan fingerprint density at radius 1 is 1.09 bits per heavy atom. The Balaban J connectivity index is 1.33. The zero-order valence-electron chi connectivity index (χ0n) is 18.1. The molecule has 0 aliphatic carbocycles. The van der Waals surface area contributed by atoms with Crippen molar-refractivity contribution in [2.75, 3.05) is 25.0 Å². The van der Waals surface area contributed by atoms with Gasteiger partial charge in [0.15, 0.2) is 5.65 Å². The number of nitrogens with one attached hydrogen (secondary N) is 1. The number of phenolic OH excluding ortho intramolecular Hbond substituents is 1. The van der Waals surface area contributed by atoms with Gasteiger partial charge in [-0.2, -0.15) is 9.61 Å². The van der Waals surface area contributed by atoms with E-state index in [0.717, 1.165) is 46.6 Å². The molecular weight excluding hydrogens is 546 g/mol. The number of fused-ring (bicyclic) bond motifs is 1. The number of likely N-dealkylation sites (tertiary alicyclic amines) is 1. The third kappa shape index (κ3) is 5.08. The SMILES string of the molecule is Oc1ccccc1-c1cc(NCC2CCCN(Cc3cccc(Br)c3)C2)n2ncc(Br)c2n1. The number of rotatable bonds is 6. The molecule has 4 aromatic rings. The minimum absolute atomic E-state index is 0.214. The topological polar surface area (TPSA) is 65.7 Å². The normalized spacial score (nSPS) is 16.8. The standard InChI is InChI=1S/C25H25Br2N5O/c26-19-7-3-5-17(11-19)15-31-10-4-6-18(16-31)13-28-24-12-22(20-8-1-2-9-23(20)33)30-25-21(27)14-29-32(24)25/h1-3,5,7-9,11-12,14,18,28,33H,4,6,10,13,15-16H2. The molecule has 33 heavy (non-hydrogen) atoms. The molecule has 1 fully saturated rings. The fourth-order valence-corrected chi connectivity index (χ4v) is 5.29. The van der Waals surface area contributed by atoms with Crippen molar-refractivity contribution in [1.82, 2.24) is 19.5 Å². The number of hydrogen-bond donors (Lipinski definition) is 2. The molecule has 1 aliphatic rings. The second-order valence-electron chi connectivity index (χ2n) is 8.53. The molecule has 1 unspecified atom stereocenters. The van der Waals surface area contributed by atoms with Crippen LogP contribution in [-0.4, -0.2) is 44.2 Å². The highest BCUT2D eigenvalue weighted by Crippen LogP contribution is 2.31. The van der Waals surface area contributed by atoms with Gasteiger partial charge in [-0.15, -0.1) is 0 Å². The van der Waals surface area contributed by atoms with Crippen molar-refractivity contribution in [3.63, 3.8) is 0 Å². The van der Waals surface area contributed by atoms with E-state index in [9.17, 15) is 5.11 Å². The van der Waals surface area contributed by atoms with Crippen molar-refractivity contribution in [2.45, 2.75) is 19.4 Å². The van der Waals surface area contributed by atoms with Gasteiger partial charge in [-0.25, -0.2) is 4.98 Å². The Kier molecular flexibility index (Phi) is 6.66. The van der Waals surface area contributed by atoms with Crippen LogP contribution in [0.5, 0.6) is 5.75 Å². The first-order valence-corrected chi connectivity index (χ1v) is 12.7. The third-order valence-corrected chi connectivity index (χ3v) is 7.13. The molecule has 0 amide bonds. The van der Waals surface area contributed by atoms with Crippen molar-refractivity contribution in [2.24, 2.45) is 5.92 Å². The number of hydrogen-bond acceptors (Lipinski definition) is 5. The summed E-state index contributed by atoms with van der Waals surface area (Å²) >= 11 is 7.13. The highest BCUT2D eigenvalue weighted by molar-refractivity contribution is 9.10. The molecule has 0 spiro atoms. The zero-order chi connectivity index (χ0) is 22.8. The number of halogens is 2. The van der Waals surface area contributed by atoms with Gasteiger partial charge in [0.2, 0.25) is 0 Å². The highest BCUT2D eigenvalue weighted by atomic mass is 79.9. The zero-order valence-corrected chi connectivity index (χ0v) is 21.3. The molecule has 0 bridgehead atoms. The Labute approximate surface area is 209 Å². The van der Waals surface area contributed by atoms with Gasteiger partial charge in [-0.3, -0.25) is 4.90 Å². The van der Waals surface area contributed by atoms with Crippen molar-refractivity contribution in [1.29, 1.82) is 0 Å². The Morgan fingerprint density at radius 2 is 1.97 bits per heavy atom. The Hall–Kier alpha value is -2.42. The predicted molar refractivity (Wildman–Crippen MR) is 138 cm³/mol. The van der Waals surface area contributed by atoms with Crippen molar-refractivity contribution in [3.05, 3.63) is 75.3 Å². The van der Waals surface area contributed by atoms with E-state index in [2.05, 4.69) is 71.4 Å². The molecule has 170 valence electrons. The fourth-order valence-electron chi connectivity index (χ4n) is 4.49. The number of aromatic hydroxyl groups is 1. The first kappa shape index (κ1) is 22.4. The summed E-state index contributed by atoms with van der Waals surface area (Å²) in [6.07, 6.45) is 4.15. The molecule has 8 heteroatoms. The van der Waals surface area contributed by atoms with Gasteiger partial charge in [0, 0.05) is 35.7 Å². The minimum Gasteiger partial charge on any atom is -0.507 e. The van der Waals surface area contributed by atoms with Gasteiger partial charge in [-0.1, -0.05) is 40.2 Å². The second-order valence-corrected chi connectivity index (χ2v) is 10.3. The van der Waals surface area contributed by atoms with Crippen LogP contribution in [0.2, 0.25) is 0 Å². The highest BCUT2D eigenvalue weighted by Gasteiger charge is 2.21. The lowest BCUT2D eigenvalue weighted by Gasteiger charge is -2.33. The summed E-state index contributed by atoms with van der Waals surface area (Å²) in [5.74, 6) is 1.63. The molecule has 0 saturated carbocycles. The van der Waals surface area contributed by atoms with Crippen LogP contribution in [0.15, 0.2) is 69.7 Å². The van der Waals surface area contributed by atoms with Crippen molar-refractivity contribution < 1.29 is 5.11 Å². The van der Waals surface area contributed by atoms with Gasteiger partial charge in [0.25, 0.3) is 0 Å². The van der Waals surface area contributed by atoms with Crippen LogP contribution >= 0.6 is 31.9 Å². The quantitative estimate of drug-likeness (QED) is 0.300. The van der Waals surface area contributed by atoms with E-state index in [1.54, 1.807) is 12.3 Å². The van der Waals surface area contributed by atoms with E-state index in [1.807, 2.05) is 28.8 Å². The van der Waals surface area contributed by atoms with Crippen LogP contribution in [0.25, 0.3) is 16.9 Å². The number of phenols is 1. The molecule has 6 nitrogen and oxygen atoms in total. The summed E-state index contributed by atoms with van der Waals surface area (Å²) in [6.45, 7) is 4.01. The third-order valence-electron chi connectivity index (χ3n) is 6.08. The van der Waals surface area contributed by atoms with Crippen LogP contribution in [0.1, 0.15) is 18.4 Å². The first-order valence-electron chi connectivity index (χ1n) is 11.1. The van der Waals surface area contributed by atoms with Crippen molar-refractivity contribution >= 4 is 43.3 Å². The summed E-state index contributed by atoms with van der Waals surface area (Å²) in [6, 6.07) is 17.8. The minimum atomic E-state index is 0.214. The number of para-hydroxylation sites is 1. The van der Waals surface area contributed by atoms with Crippen LogP contribution in [-0.2, 0) is 6.54 Å². The summed E-state index contributed by atoms with van der Waals surface area (Å²) in [4.78, 5) is 7.27. The molecule has 2 N–H and O–H groups in total. The van der Waals surface area contributed by atoms with Gasteiger partial charge < -0.3 is 10.4 Å². The van der Waals surface area contributed by atoms with Crippen LogP contribution in [0.4, 0.5) is 5.82 Å². The van der Waals surface area contributed by atoms with Crippen molar-refractivity contribution in [3.8, 4) is 17.0 Å². The molecule has 0 radical (unpaired) electrons. The van der Waals surface area contributed by atoms with Gasteiger partial charge in [-0.05, 0) is 71.1 Å². The molecule has 3 heterocycles. The van der Waals surface area contributed by atoms with Crippen LogP contribution in [0.3, 0.4) is 0 Å². The van der Waals surface area contributed by atoms with Crippen LogP contribution in [0, 0.1) is 5.92 Å². The van der Waals surface area contributed by atoms with E-state index < -0.39 is 0 Å². The van der Waals surface area contributed by atoms with E-state index in [0.29, 0.717) is 17.2 Å². The smallest absolute Gasteiger partial charge is 0.172 e. The summed E-state index contributed by atoms with van der Waals surface area (Å²) in [7, 11) is 0. The molecule has 2 aromatic heterocycles. The maximum absolute atomic E-state index is 10.3. The molecule has 1 aliphatic heterocycles. The maximum atomic E-state index is 10.3. The first-order chi connectivity index (χ1) is 16.1. The Morgan fingerprint density at radius 3 is 2.82 bits per heavy atom. The molecule has 1 saturated heterocycles.